The molecule has 0 radical (unpaired) electrons. The molecule has 0 atom stereocenters. The topological polar surface area (TPSA) is 53.5 Å². The molecular formula is C16H15Cl2N3O. The van der Waals surface area contributed by atoms with E-state index < -0.39 is 0 Å². The Bertz CT molecular complexity index is 702. The number of aryl methyl sites for hydroxylation is 1. The Balaban J connectivity index is 1.86. The van der Waals surface area contributed by atoms with E-state index in [0.717, 1.165) is 11.3 Å². The number of carbonyl (C=O) groups is 1. The van der Waals surface area contributed by atoms with Gasteiger partial charge in [0.15, 0.2) is 0 Å². The predicted octanol–water partition coefficient (Wildman–Crippen LogP) is 3.86. The first kappa shape index (κ1) is 16.3. The summed E-state index contributed by atoms with van der Waals surface area (Å²) in [5.74, 6) is -0.252. The molecule has 6 heteroatoms. The lowest BCUT2D eigenvalue weighted by atomic mass is 10.2. The highest BCUT2D eigenvalue weighted by atomic mass is 35.5. The summed E-state index contributed by atoms with van der Waals surface area (Å²) in [6, 6.07) is 12.9. The number of hydrogen-bond donors (Lipinski definition) is 2. The van der Waals surface area contributed by atoms with Crippen LogP contribution in [0.15, 0.2) is 47.6 Å². The molecule has 0 spiro atoms. The summed E-state index contributed by atoms with van der Waals surface area (Å²) in [6.45, 7) is 2.10. The van der Waals surface area contributed by atoms with E-state index in [4.69, 9.17) is 23.2 Å². The molecular weight excluding hydrogens is 321 g/mol. The number of hydrazone groups is 1. The van der Waals surface area contributed by atoms with Crippen molar-refractivity contribution in [3.05, 3.63) is 63.6 Å². The van der Waals surface area contributed by atoms with Crippen LogP contribution in [0.5, 0.6) is 0 Å². The largest absolute Gasteiger partial charge is 0.376 e. The minimum absolute atomic E-state index is 0.130. The van der Waals surface area contributed by atoms with Crippen molar-refractivity contribution < 1.29 is 4.79 Å². The zero-order valence-electron chi connectivity index (χ0n) is 11.9. The fraction of sp³-hybridized carbons (Fsp3) is 0.125. The second-order valence-electron chi connectivity index (χ2n) is 4.60. The van der Waals surface area contributed by atoms with E-state index in [1.807, 2.05) is 31.2 Å². The van der Waals surface area contributed by atoms with E-state index in [1.54, 1.807) is 18.2 Å². The van der Waals surface area contributed by atoms with Gasteiger partial charge in [0.05, 0.1) is 22.8 Å². The molecule has 2 N–H and O–H groups in total. The van der Waals surface area contributed by atoms with E-state index in [0.29, 0.717) is 15.6 Å². The van der Waals surface area contributed by atoms with Crippen molar-refractivity contribution in [2.75, 3.05) is 11.9 Å². The minimum atomic E-state index is -0.252. The summed E-state index contributed by atoms with van der Waals surface area (Å²) in [5.41, 5.74) is 5.06. The zero-order valence-corrected chi connectivity index (χ0v) is 13.4. The monoisotopic (exact) mass is 335 g/mol. The van der Waals surface area contributed by atoms with Crippen LogP contribution in [0.2, 0.25) is 10.0 Å². The van der Waals surface area contributed by atoms with Gasteiger partial charge in [-0.3, -0.25) is 4.79 Å². The van der Waals surface area contributed by atoms with Gasteiger partial charge < -0.3 is 5.32 Å². The number of amides is 1. The summed E-state index contributed by atoms with van der Waals surface area (Å²) < 4.78 is 0. The van der Waals surface area contributed by atoms with Gasteiger partial charge in [-0.2, -0.15) is 5.10 Å². The number of benzene rings is 2. The van der Waals surface area contributed by atoms with Gasteiger partial charge in [-0.25, -0.2) is 5.43 Å². The fourth-order valence-corrected chi connectivity index (χ4v) is 2.14. The predicted molar refractivity (Wildman–Crippen MR) is 91.9 cm³/mol. The Hall–Kier alpha value is -2.04. The Labute approximate surface area is 139 Å². The van der Waals surface area contributed by atoms with E-state index in [-0.39, 0.29) is 12.5 Å². The van der Waals surface area contributed by atoms with Crippen LogP contribution in [-0.2, 0) is 4.79 Å². The van der Waals surface area contributed by atoms with Crippen LogP contribution in [0, 0.1) is 6.92 Å². The highest BCUT2D eigenvalue weighted by Gasteiger charge is 2.03. The van der Waals surface area contributed by atoms with Crippen LogP contribution in [0.3, 0.4) is 0 Å². The third-order valence-corrected chi connectivity index (χ3v) is 3.79. The van der Waals surface area contributed by atoms with Gasteiger partial charge in [-0.1, -0.05) is 53.5 Å². The summed E-state index contributed by atoms with van der Waals surface area (Å²) in [4.78, 5) is 11.7. The molecule has 0 bridgehead atoms. The van der Waals surface area contributed by atoms with Crippen molar-refractivity contribution in [2.24, 2.45) is 5.10 Å². The maximum atomic E-state index is 11.7. The van der Waals surface area contributed by atoms with Gasteiger partial charge in [0, 0.05) is 11.3 Å². The molecule has 0 aliphatic heterocycles. The van der Waals surface area contributed by atoms with Crippen molar-refractivity contribution in [2.45, 2.75) is 6.92 Å². The van der Waals surface area contributed by atoms with Crippen molar-refractivity contribution in [1.29, 1.82) is 0 Å². The molecule has 0 aliphatic rings. The average Bonchev–Trinajstić information content (AvgIpc) is 2.51. The minimum Gasteiger partial charge on any atom is -0.376 e. The van der Waals surface area contributed by atoms with Crippen LogP contribution in [-0.4, -0.2) is 18.7 Å². The lowest BCUT2D eigenvalue weighted by Gasteiger charge is -2.07. The molecule has 0 saturated heterocycles. The average molecular weight is 336 g/mol. The number of para-hydroxylation sites is 1. The highest BCUT2D eigenvalue weighted by Crippen LogP contribution is 2.24. The lowest BCUT2D eigenvalue weighted by Crippen LogP contribution is -2.26. The molecule has 0 aliphatic carbocycles. The number of nitrogens with zero attached hydrogens (tertiary/aromatic N) is 1. The maximum absolute atomic E-state index is 11.7. The third-order valence-electron chi connectivity index (χ3n) is 2.96. The molecule has 114 valence electrons. The first-order chi connectivity index (χ1) is 10.6. The maximum Gasteiger partial charge on any atom is 0.259 e. The number of rotatable bonds is 5. The first-order valence-electron chi connectivity index (χ1n) is 6.63. The smallest absolute Gasteiger partial charge is 0.259 e. The number of anilines is 1. The van der Waals surface area contributed by atoms with E-state index >= 15 is 0 Å². The Morgan fingerprint density at radius 2 is 1.95 bits per heavy atom. The molecule has 1 amide bonds. The molecule has 2 rings (SSSR count). The van der Waals surface area contributed by atoms with Crippen molar-refractivity contribution in [3.63, 3.8) is 0 Å². The first-order valence-corrected chi connectivity index (χ1v) is 7.39. The van der Waals surface area contributed by atoms with Crippen molar-refractivity contribution in [3.8, 4) is 0 Å². The van der Waals surface area contributed by atoms with Crippen molar-refractivity contribution >= 4 is 41.0 Å². The van der Waals surface area contributed by atoms with Crippen LogP contribution in [0.1, 0.15) is 11.1 Å². The Morgan fingerprint density at radius 1 is 1.18 bits per heavy atom. The molecule has 2 aromatic carbocycles. The van der Waals surface area contributed by atoms with E-state index in [1.165, 1.54) is 6.21 Å². The molecule has 22 heavy (non-hydrogen) atoms. The summed E-state index contributed by atoms with van der Waals surface area (Å²) in [5, 5.41) is 7.77. The SMILES string of the molecule is Cc1ccccc1NCC(=O)N/N=C\c1cccc(Cl)c1Cl. The highest BCUT2D eigenvalue weighted by molar-refractivity contribution is 6.43. The molecule has 0 aromatic heterocycles. The molecule has 0 unspecified atom stereocenters. The zero-order chi connectivity index (χ0) is 15.9. The second kappa shape index (κ2) is 7.82. The van der Waals surface area contributed by atoms with Gasteiger partial charge in [0.25, 0.3) is 5.91 Å². The van der Waals surface area contributed by atoms with E-state index in [9.17, 15) is 4.79 Å². The van der Waals surface area contributed by atoms with Crippen LogP contribution < -0.4 is 10.7 Å². The van der Waals surface area contributed by atoms with Gasteiger partial charge in [0.1, 0.15) is 0 Å². The van der Waals surface area contributed by atoms with Crippen LogP contribution in [0.4, 0.5) is 5.69 Å². The standard InChI is InChI=1S/C16H15Cl2N3O/c1-11-5-2-3-8-14(11)19-10-15(22)21-20-9-12-6-4-7-13(17)16(12)18/h2-9,19H,10H2,1H3,(H,21,22)/b20-9-. The second-order valence-corrected chi connectivity index (χ2v) is 5.39. The molecule has 0 fully saturated rings. The summed E-state index contributed by atoms with van der Waals surface area (Å²) in [6.07, 6.45) is 1.46. The van der Waals surface area contributed by atoms with Crippen molar-refractivity contribution in [1.82, 2.24) is 5.43 Å². The molecule has 0 heterocycles. The number of hydrogen-bond acceptors (Lipinski definition) is 3. The summed E-state index contributed by atoms with van der Waals surface area (Å²) in [7, 11) is 0. The van der Waals surface area contributed by atoms with Gasteiger partial charge in [0.2, 0.25) is 0 Å². The molecule has 4 nitrogen and oxygen atoms in total. The van der Waals surface area contributed by atoms with Crippen LogP contribution >= 0.6 is 23.2 Å². The lowest BCUT2D eigenvalue weighted by molar-refractivity contribution is -0.119. The number of carbonyl (C=O) groups excluding carboxylic acids is 1. The van der Waals surface area contributed by atoms with Gasteiger partial charge in [-0.05, 0) is 24.6 Å². The van der Waals surface area contributed by atoms with Crippen LogP contribution in [0.25, 0.3) is 0 Å². The fourth-order valence-electron chi connectivity index (χ4n) is 1.78. The molecule has 2 aromatic rings. The number of halogens is 2. The van der Waals surface area contributed by atoms with Gasteiger partial charge >= 0.3 is 0 Å². The Morgan fingerprint density at radius 3 is 2.73 bits per heavy atom. The Kier molecular flexibility index (Phi) is 5.81. The molecule has 0 saturated carbocycles. The quantitative estimate of drug-likeness (QED) is 0.643. The number of nitrogens with one attached hydrogen (secondary N) is 2. The summed E-state index contributed by atoms with van der Waals surface area (Å²) >= 11 is 11.9. The third kappa shape index (κ3) is 4.48. The normalized spacial score (nSPS) is 10.7. The van der Waals surface area contributed by atoms with E-state index in [2.05, 4.69) is 15.8 Å². The van der Waals surface area contributed by atoms with Gasteiger partial charge in [-0.15, -0.1) is 0 Å².